The number of rotatable bonds is 4. The van der Waals surface area contributed by atoms with Gasteiger partial charge in [0, 0.05) is 13.1 Å². The summed E-state index contributed by atoms with van der Waals surface area (Å²) in [6.07, 6.45) is 3.76. The molecule has 1 rings (SSSR count). The highest BCUT2D eigenvalue weighted by molar-refractivity contribution is 7.98. The number of nitrogens with one attached hydrogen (secondary N) is 2. The van der Waals surface area contributed by atoms with Crippen molar-refractivity contribution in [1.82, 2.24) is 9.97 Å². The quantitative estimate of drug-likeness (QED) is 0.591. The van der Waals surface area contributed by atoms with E-state index in [9.17, 15) is 0 Å². The average molecular weight is 212 g/mol. The van der Waals surface area contributed by atoms with E-state index in [4.69, 9.17) is 0 Å². The molecule has 14 heavy (non-hydrogen) atoms. The SMILES string of the molecule is CNc1cnc(SC)nc1NC(C)C. The summed E-state index contributed by atoms with van der Waals surface area (Å²) in [5.41, 5.74) is 0.927. The van der Waals surface area contributed by atoms with Crippen LogP contribution < -0.4 is 10.6 Å². The van der Waals surface area contributed by atoms with Crippen molar-refractivity contribution in [3.05, 3.63) is 6.20 Å². The second kappa shape index (κ2) is 5.05. The van der Waals surface area contributed by atoms with Crippen molar-refractivity contribution in [3.63, 3.8) is 0 Å². The van der Waals surface area contributed by atoms with Gasteiger partial charge in [-0.3, -0.25) is 0 Å². The molecule has 0 fully saturated rings. The van der Waals surface area contributed by atoms with Crippen molar-refractivity contribution in [1.29, 1.82) is 0 Å². The molecule has 0 aliphatic rings. The van der Waals surface area contributed by atoms with Crippen LogP contribution in [-0.4, -0.2) is 29.3 Å². The van der Waals surface area contributed by atoms with Crippen molar-refractivity contribution in [2.75, 3.05) is 23.9 Å². The van der Waals surface area contributed by atoms with Crippen LogP contribution in [0.1, 0.15) is 13.8 Å². The number of aromatic nitrogens is 2. The molecule has 78 valence electrons. The van der Waals surface area contributed by atoms with E-state index in [1.54, 1.807) is 6.20 Å². The molecular formula is C9H16N4S. The minimum Gasteiger partial charge on any atom is -0.384 e. The Hall–Kier alpha value is -0.970. The van der Waals surface area contributed by atoms with Crippen LogP contribution in [0.3, 0.4) is 0 Å². The van der Waals surface area contributed by atoms with E-state index in [0.717, 1.165) is 16.7 Å². The molecule has 0 aromatic carbocycles. The molecule has 1 heterocycles. The Balaban J connectivity index is 2.96. The molecule has 4 nitrogen and oxygen atoms in total. The van der Waals surface area contributed by atoms with Gasteiger partial charge in [-0.15, -0.1) is 0 Å². The molecule has 0 saturated heterocycles. The lowest BCUT2D eigenvalue weighted by molar-refractivity contribution is 0.868. The van der Waals surface area contributed by atoms with E-state index < -0.39 is 0 Å². The molecular weight excluding hydrogens is 196 g/mol. The van der Waals surface area contributed by atoms with E-state index in [1.807, 2.05) is 13.3 Å². The molecule has 0 radical (unpaired) electrons. The fourth-order valence-corrected chi connectivity index (χ4v) is 1.37. The van der Waals surface area contributed by atoms with Crippen molar-refractivity contribution < 1.29 is 0 Å². The molecule has 0 aliphatic carbocycles. The van der Waals surface area contributed by atoms with Gasteiger partial charge < -0.3 is 10.6 Å². The molecule has 2 N–H and O–H groups in total. The van der Waals surface area contributed by atoms with Crippen LogP contribution in [0.2, 0.25) is 0 Å². The Morgan fingerprint density at radius 3 is 2.64 bits per heavy atom. The Morgan fingerprint density at radius 2 is 2.14 bits per heavy atom. The largest absolute Gasteiger partial charge is 0.384 e. The normalized spacial score (nSPS) is 10.4. The van der Waals surface area contributed by atoms with Crippen molar-refractivity contribution in [2.24, 2.45) is 0 Å². The van der Waals surface area contributed by atoms with Gasteiger partial charge in [0.15, 0.2) is 11.0 Å². The zero-order chi connectivity index (χ0) is 10.6. The molecule has 0 aliphatic heterocycles. The average Bonchev–Trinajstić information content (AvgIpc) is 2.16. The molecule has 0 saturated carbocycles. The van der Waals surface area contributed by atoms with Gasteiger partial charge in [0.1, 0.15) is 0 Å². The highest BCUT2D eigenvalue weighted by Gasteiger charge is 2.05. The van der Waals surface area contributed by atoms with E-state index >= 15 is 0 Å². The molecule has 0 spiro atoms. The van der Waals surface area contributed by atoms with Gasteiger partial charge in [0.2, 0.25) is 0 Å². The van der Waals surface area contributed by atoms with Gasteiger partial charge in [-0.25, -0.2) is 9.97 Å². The first-order chi connectivity index (χ1) is 6.67. The monoisotopic (exact) mass is 212 g/mol. The number of hydrogen-bond donors (Lipinski definition) is 2. The van der Waals surface area contributed by atoms with E-state index in [1.165, 1.54) is 11.8 Å². The fourth-order valence-electron chi connectivity index (χ4n) is 1.03. The highest BCUT2D eigenvalue weighted by atomic mass is 32.2. The zero-order valence-corrected chi connectivity index (χ0v) is 9.77. The minimum absolute atomic E-state index is 0.367. The Bertz CT molecular complexity index is 301. The first-order valence-electron chi connectivity index (χ1n) is 4.52. The van der Waals surface area contributed by atoms with E-state index in [-0.39, 0.29) is 0 Å². The topological polar surface area (TPSA) is 49.8 Å². The van der Waals surface area contributed by atoms with Crippen molar-refractivity contribution in [2.45, 2.75) is 25.0 Å². The first kappa shape index (κ1) is 11.1. The van der Waals surface area contributed by atoms with Gasteiger partial charge >= 0.3 is 0 Å². The van der Waals surface area contributed by atoms with Crippen LogP contribution in [0.25, 0.3) is 0 Å². The fraction of sp³-hybridized carbons (Fsp3) is 0.556. The molecule has 0 bridgehead atoms. The molecule has 1 aromatic rings. The maximum atomic E-state index is 4.38. The number of hydrogen-bond acceptors (Lipinski definition) is 5. The predicted molar refractivity (Wildman–Crippen MR) is 62.1 cm³/mol. The second-order valence-electron chi connectivity index (χ2n) is 3.17. The number of anilines is 2. The number of thioether (sulfide) groups is 1. The summed E-state index contributed by atoms with van der Waals surface area (Å²) >= 11 is 1.54. The van der Waals surface area contributed by atoms with Crippen LogP contribution in [0, 0.1) is 0 Å². The highest BCUT2D eigenvalue weighted by Crippen LogP contribution is 2.21. The molecule has 5 heteroatoms. The van der Waals surface area contributed by atoms with E-state index in [0.29, 0.717) is 6.04 Å². The van der Waals surface area contributed by atoms with Gasteiger partial charge in [-0.05, 0) is 20.1 Å². The molecule has 0 amide bonds. The molecule has 1 aromatic heterocycles. The lowest BCUT2D eigenvalue weighted by atomic mass is 10.3. The summed E-state index contributed by atoms with van der Waals surface area (Å²) in [6, 6.07) is 0.367. The lowest BCUT2D eigenvalue weighted by Crippen LogP contribution is -2.13. The summed E-state index contributed by atoms with van der Waals surface area (Å²) in [5.74, 6) is 0.863. The smallest absolute Gasteiger partial charge is 0.189 e. The zero-order valence-electron chi connectivity index (χ0n) is 8.96. The maximum absolute atomic E-state index is 4.38. The van der Waals surface area contributed by atoms with Crippen LogP contribution >= 0.6 is 11.8 Å². The predicted octanol–water partition coefficient (Wildman–Crippen LogP) is 2.06. The van der Waals surface area contributed by atoms with E-state index in [2.05, 4.69) is 34.4 Å². The van der Waals surface area contributed by atoms with Gasteiger partial charge in [0.25, 0.3) is 0 Å². The third-order valence-corrected chi connectivity index (χ3v) is 2.21. The Morgan fingerprint density at radius 1 is 1.43 bits per heavy atom. The Labute approximate surface area is 88.9 Å². The first-order valence-corrected chi connectivity index (χ1v) is 5.75. The summed E-state index contributed by atoms with van der Waals surface area (Å²) in [6.45, 7) is 4.17. The summed E-state index contributed by atoms with van der Waals surface area (Å²) < 4.78 is 0. The standard InChI is InChI=1S/C9H16N4S/c1-6(2)12-8-7(10-3)5-11-9(13-8)14-4/h5-6,10H,1-4H3,(H,11,12,13). The summed E-state index contributed by atoms with van der Waals surface area (Å²) in [4.78, 5) is 8.57. The number of nitrogens with zero attached hydrogens (tertiary/aromatic N) is 2. The van der Waals surface area contributed by atoms with Gasteiger partial charge in [-0.1, -0.05) is 11.8 Å². The lowest BCUT2D eigenvalue weighted by Gasteiger charge is -2.13. The van der Waals surface area contributed by atoms with Crippen LogP contribution in [0.4, 0.5) is 11.5 Å². The molecule has 0 unspecified atom stereocenters. The van der Waals surface area contributed by atoms with Crippen LogP contribution in [0.15, 0.2) is 11.4 Å². The van der Waals surface area contributed by atoms with Crippen LogP contribution in [0.5, 0.6) is 0 Å². The summed E-state index contributed by atoms with van der Waals surface area (Å²) in [7, 11) is 1.86. The van der Waals surface area contributed by atoms with Gasteiger partial charge in [-0.2, -0.15) is 0 Å². The maximum Gasteiger partial charge on any atom is 0.189 e. The summed E-state index contributed by atoms with van der Waals surface area (Å²) in [5, 5.41) is 7.11. The Kier molecular flexibility index (Phi) is 4.00. The minimum atomic E-state index is 0.367. The molecule has 0 atom stereocenters. The van der Waals surface area contributed by atoms with Crippen molar-refractivity contribution >= 4 is 23.3 Å². The van der Waals surface area contributed by atoms with Crippen molar-refractivity contribution in [3.8, 4) is 0 Å². The van der Waals surface area contributed by atoms with Crippen LogP contribution in [-0.2, 0) is 0 Å². The van der Waals surface area contributed by atoms with Gasteiger partial charge in [0.05, 0.1) is 11.9 Å². The third-order valence-electron chi connectivity index (χ3n) is 1.64. The second-order valence-corrected chi connectivity index (χ2v) is 3.94. The third kappa shape index (κ3) is 2.77.